The van der Waals surface area contributed by atoms with Crippen molar-refractivity contribution >= 4 is 21.6 Å². The number of hydrogen-bond acceptors (Lipinski definition) is 3. The minimum atomic E-state index is -3.57. The molecule has 5 nitrogen and oxygen atoms in total. The molecule has 1 fully saturated rings. The van der Waals surface area contributed by atoms with Crippen molar-refractivity contribution in [2.45, 2.75) is 56.4 Å². The fourth-order valence-electron chi connectivity index (χ4n) is 4.05. The molecule has 1 saturated heterocycles. The van der Waals surface area contributed by atoms with Gasteiger partial charge in [-0.05, 0) is 79.5 Å². The molecular weight excluding hydrogens is 372 g/mol. The van der Waals surface area contributed by atoms with Gasteiger partial charge in [0.15, 0.2) is 0 Å². The number of nitrogens with one attached hydrogen (secondary N) is 1. The highest BCUT2D eigenvalue weighted by Crippen LogP contribution is 2.25. The second-order valence-electron chi connectivity index (χ2n) is 7.63. The number of benzene rings is 2. The van der Waals surface area contributed by atoms with Gasteiger partial charge in [-0.3, -0.25) is 4.79 Å². The SMILES string of the molecule is O=C1CCCCN1c1cccc(CNS(=O)(=O)c2ccc3c(c2)CCCC3)c1. The Morgan fingerprint density at radius 3 is 2.50 bits per heavy atom. The first-order valence-electron chi connectivity index (χ1n) is 10.0. The molecule has 2 aromatic carbocycles. The Morgan fingerprint density at radius 2 is 1.68 bits per heavy atom. The van der Waals surface area contributed by atoms with E-state index in [1.54, 1.807) is 11.0 Å². The highest BCUT2D eigenvalue weighted by Gasteiger charge is 2.20. The van der Waals surface area contributed by atoms with Gasteiger partial charge in [-0.25, -0.2) is 13.1 Å². The summed E-state index contributed by atoms with van der Waals surface area (Å²) in [5.74, 6) is 0.137. The number of nitrogens with zero attached hydrogens (tertiary/aromatic N) is 1. The van der Waals surface area contributed by atoms with Crippen LogP contribution in [0.1, 0.15) is 48.8 Å². The number of hydrogen-bond donors (Lipinski definition) is 1. The maximum atomic E-state index is 12.8. The van der Waals surface area contributed by atoms with Crippen LogP contribution in [0.15, 0.2) is 47.4 Å². The summed E-state index contributed by atoms with van der Waals surface area (Å²) < 4.78 is 28.2. The quantitative estimate of drug-likeness (QED) is 0.837. The number of sulfonamides is 1. The summed E-state index contributed by atoms with van der Waals surface area (Å²) in [7, 11) is -3.57. The molecule has 148 valence electrons. The lowest BCUT2D eigenvalue weighted by Gasteiger charge is -2.27. The minimum Gasteiger partial charge on any atom is -0.312 e. The molecule has 1 aliphatic heterocycles. The molecule has 0 bridgehead atoms. The lowest BCUT2D eigenvalue weighted by atomic mass is 9.92. The van der Waals surface area contributed by atoms with Crippen LogP contribution in [0.2, 0.25) is 0 Å². The van der Waals surface area contributed by atoms with E-state index in [9.17, 15) is 13.2 Å². The van der Waals surface area contributed by atoms with Gasteiger partial charge >= 0.3 is 0 Å². The van der Waals surface area contributed by atoms with E-state index in [-0.39, 0.29) is 12.5 Å². The first-order valence-corrected chi connectivity index (χ1v) is 11.5. The smallest absolute Gasteiger partial charge is 0.240 e. The van der Waals surface area contributed by atoms with Crippen LogP contribution in [-0.4, -0.2) is 20.9 Å². The third-order valence-corrected chi connectivity index (χ3v) is 7.04. The largest absolute Gasteiger partial charge is 0.312 e. The van der Waals surface area contributed by atoms with Gasteiger partial charge in [-0.1, -0.05) is 18.2 Å². The van der Waals surface area contributed by atoms with E-state index in [2.05, 4.69) is 4.72 Å². The molecule has 2 aromatic rings. The lowest BCUT2D eigenvalue weighted by Crippen LogP contribution is -2.35. The van der Waals surface area contributed by atoms with E-state index in [0.29, 0.717) is 11.3 Å². The Hall–Kier alpha value is -2.18. The van der Waals surface area contributed by atoms with Crippen molar-refractivity contribution < 1.29 is 13.2 Å². The number of piperidine rings is 1. The van der Waals surface area contributed by atoms with Gasteiger partial charge in [0, 0.05) is 25.2 Å². The van der Waals surface area contributed by atoms with Gasteiger partial charge in [-0.2, -0.15) is 0 Å². The molecule has 1 amide bonds. The summed E-state index contributed by atoms with van der Waals surface area (Å²) in [6, 6.07) is 13.0. The summed E-state index contributed by atoms with van der Waals surface area (Å²) in [6.45, 7) is 0.929. The summed E-state index contributed by atoms with van der Waals surface area (Å²) in [6.07, 6.45) is 6.79. The molecule has 4 rings (SSSR count). The van der Waals surface area contributed by atoms with Crippen molar-refractivity contribution in [1.29, 1.82) is 0 Å². The predicted molar refractivity (Wildman–Crippen MR) is 110 cm³/mol. The molecule has 6 heteroatoms. The topological polar surface area (TPSA) is 66.5 Å². The predicted octanol–water partition coefficient (Wildman–Crippen LogP) is 3.56. The third kappa shape index (κ3) is 4.13. The first-order chi connectivity index (χ1) is 13.5. The molecule has 0 unspecified atom stereocenters. The van der Waals surface area contributed by atoms with Gasteiger partial charge in [-0.15, -0.1) is 0 Å². The van der Waals surface area contributed by atoms with Crippen molar-refractivity contribution in [1.82, 2.24) is 4.72 Å². The highest BCUT2D eigenvalue weighted by atomic mass is 32.2. The molecule has 0 radical (unpaired) electrons. The number of carbonyl (C=O) groups excluding carboxylic acids is 1. The second-order valence-corrected chi connectivity index (χ2v) is 9.40. The fraction of sp³-hybridized carbons (Fsp3) is 0.409. The molecule has 1 aliphatic carbocycles. The van der Waals surface area contributed by atoms with Gasteiger partial charge in [0.2, 0.25) is 15.9 Å². The van der Waals surface area contributed by atoms with Crippen molar-refractivity contribution in [3.05, 3.63) is 59.2 Å². The molecular formula is C22H26N2O3S. The van der Waals surface area contributed by atoms with Crippen LogP contribution >= 0.6 is 0 Å². The van der Waals surface area contributed by atoms with Crippen LogP contribution in [0.3, 0.4) is 0 Å². The monoisotopic (exact) mass is 398 g/mol. The maximum absolute atomic E-state index is 12.8. The Morgan fingerprint density at radius 1 is 0.893 bits per heavy atom. The summed E-state index contributed by atoms with van der Waals surface area (Å²) >= 11 is 0. The summed E-state index contributed by atoms with van der Waals surface area (Å²) in [5.41, 5.74) is 4.11. The molecule has 0 aromatic heterocycles. The van der Waals surface area contributed by atoms with Gasteiger partial charge in [0.1, 0.15) is 0 Å². The van der Waals surface area contributed by atoms with E-state index in [4.69, 9.17) is 0 Å². The number of carbonyl (C=O) groups is 1. The van der Waals surface area contributed by atoms with E-state index in [1.807, 2.05) is 36.4 Å². The molecule has 1 heterocycles. The van der Waals surface area contributed by atoms with E-state index in [1.165, 1.54) is 12.0 Å². The molecule has 2 aliphatic rings. The Bertz CT molecular complexity index is 985. The molecule has 28 heavy (non-hydrogen) atoms. The maximum Gasteiger partial charge on any atom is 0.240 e. The number of rotatable bonds is 5. The summed E-state index contributed by atoms with van der Waals surface area (Å²) in [5, 5.41) is 0. The van der Waals surface area contributed by atoms with Crippen LogP contribution in [0.25, 0.3) is 0 Å². The minimum absolute atomic E-state index is 0.137. The van der Waals surface area contributed by atoms with E-state index >= 15 is 0 Å². The standard InChI is InChI=1S/C22H26N2O3S/c25-22-10-3-4-13-24(22)20-9-5-6-17(14-20)16-23-28(26,27)21-12-11-18-7-1-2-8-19(18)15-21/h5-6,9,11-12,14-15,23H,1-4,7-8,10,13,16H2. The molecule has 0 atom stereocenters. The van der Waals surface area contributed by atoms with Crippen molar-refractivity contribution in [2.24, 2.45) is 0 Å². The van der Waals surface area contributed by atoms with Crippen molar-refractivity contribution in [3.63, 3.8) is 0 Å². The van der Waals surface area contributed by atoms with E-state index < -0.39 is 10.0 Å². The van der Waals surface area contributed by atoms with Gasteiger partial charge < -0.3 is 4.90 Å². The molecule has 0 spiro atoms. The van der Waals surface area contributed by atoms with Crippen molar-refractivity contribution in [3.8, 4) is 0 Å². The van der Waals surface area contributed by atoms with Crippen LogP contribution in [0.5, 0.6) is 0 Å². The van der Waals surface area contributed by atoms with Crippen molar-refractivity contribution in [2.75, 3.05) is 11.4 Å². The Labute approximate surface area is 166 Å². The average Bonchev–Trinajstić information content (AvgIpc) is 2.72. The zero-order chi connectivity index (χ0) is 19.6. The number of aryl methyl sites for hydroxylation is 2. The lowest BCUT2D eigenvalue weighted by molar-refractivity contribution is -0.119. The van der Waals surface area contributed by atoms with Crippen LogP contribution < -0.4 is 9.62 Å². The average molecular weight is 399 g/mol. The number of fused-ring (bicyclic) bond motifs is 1. The van der Waals surface area contributed by atoms with E-state index in [0.717, 1.165) is 55.5 Å². The third-order valence-electron chi connectivity index (χ3n) is 5.64. The van der Waals surface area contributed by atoms with Gasteiger partial charge in [0.25, 0.3) is 0 Å². The Kier molecular flexibility index (Phi) is 5.51. The van der Waals surface area contributed by atoms with Crippen LogP contribution in [0.4, 0.5) is 5.69 Å². The normalized spacial score (nSPS) is 17.4. The zero-order valence-corrected chi connectivity index (χ0v) is 16.8. The zero-order valence-electron chi connectivity index (χ0n) is 16.0. The fourth-order valence-corrected chi connectivity index (χ4v) is 5.12. The van der Waals surface area contributed by atoms with Crippen LogP contribution in [0, 0.1) is 0 Å². The molecule has 0 saturated carbocycles. The number of anilines is 1. The van der Waals surface area contributed by atoms with Gasteiger partial charge in [0.05, 0.1) is 4.90 Å². The second kappa shape index (κ2) is 8.05. The van der Waals surface area contributed by atoms with Crippen LogP contribution in [-0.2, 0) is 34.2 Å². The number of amides is 1. The molecule has 1 N–H and O–H groups in total. The Balaban J connectivity index is 1.48. The first kappa shape index (κ1) is 19.2. The summed E-state index contributed by atoms with van der Waals surface area (Å²) in [4.78, 5) is 14.3. The highest BCUT2D eigenvalue weighted by molar-refractivity contribution is 7.89.